The fourth-order valence-corrected chi connectivity index (χ4v) is 3.63. The van der Waals surface area contributed by atoms with Gasteiger partial charge in [-0.3, -0.25) is 14.5 Å². The summed E-state index contributed by atoms with van der Waals surface area (Å²) in [5.74, 6) is 1.37. The highest BCUT2D eigenvalue weighted by Gasteiger charge is 2.19. The minimum Gasteiger partial charge on any atom is -0.268 e. The Labute approximate surface area is 171 Å². The van der Waals surface area contributed by atoms with Crippen molar-refractivity contribution in [3.63, 3.8) is 0 Å². The minimum atomic E-state index is -0.359. The molecule has 4 rings (SSSR count). The lowest BCUT2D eigenvalue weighted by Gasteiger charge is -2.13. The molecule has 8 heteroatoms. The highest BCUT2D eigenvalue weighted by Crippen LogP contribution is 2.24. The Balaban J connectivity index is 1.76. The molecule has 0 spiro atoms. The first-order valence-corrected chi connectivity index (χ1v) is 10.1. The Morgan fingerprint density at radius 3 is 2.48 bits per heavy atom. The summed E-state index contributed by atoms with van der Waals surface area (Å²) in [5.41, 5.74) is 0.860. The molecule has 2 aromatic heterocycles. The van der Waals surface area contributed by atoms with Gasteiger partial charge in [-0.25, -0.2) is 14.4 Å². The van der Waals surface area contributed by atoms with Gasteiger partial charge in [0.25, 0.3) is 5.56 Å². The van der Waals surface area contributed by atoms with E-state index in [4.69, 9.17) is 0 Å². The van der Waals surface area contributed by atoms with Crippen LogP contribution in [0.5, 0.6) is 0 Å². The van der Waals surface area contributed by atoms with Gasteiger partial charge in [0.1, 0.15) is 17.5 Å². The van der Waals surface area contributed by atoms with E-state index in [1.54, 1.807) is 24.3 Å². The molecule has 0 amide bonds. The third kappa shape index (κ3) is 3.93. The van der Waals surface area contributed by atoms with Crippen LogP contribution in [0.1, 0.15) is 32.4 Å². The van der Waals surface area contributed by atoms with E-state index in [1.165, 1.54) is 28.5 Å². The first-order chi connectivity index (χ1) is 13.8. The molecular weight excluding hydrogens is 389 g/mol. The van der Waals surface area contributed by atoms with Crippen LogP contribution in [-0.2, 0) is 11.2 Å². The maximum Gasteiger partial charge on any atom is 0.265 e. The number of hydrogen-bond donors (Lipinski definition) is 1. The molecule has 0 aliphatic carbocycles. The zero-order chi connectivity index (χ0) is 20.6. The number of aromatic nitrogens is 5. The summed E-state index contributed by atoms with van der Waals surface area (Å²) in [4.78, 5) is 22.4. The van der Waals surface area contributed by atoms with Crippen LogP contribution in [-0.4, -0.2) is 24.7 Å². The third-order valence-corrected chi connectivity index (χ3v) is 5.28. The van der Waals surface area contributed by atoms with Crippen LogP contribution in [0.3, 0.4) is 0 Å². The number of benzene rings is 2. The van der Waals surface area contributed by atoms with Crippen LogP contribution in [0.4, 0.5) is 4.39 Å². The Morgan fingerprint density at radius 2 is 1.79 bits per heavy atom. The van der Waals surface area contributed by atoms with E-state index < -0.39 is 0 Å². The van der Waals surface area contributed by atoms with Gasteiger partial charge in [-0.2, -0.15) is 0 Å². The number of aromatic amines is 1. The zero-order valence-corrected chi connectivity index (χ0v) is 17.1. The van der Waals surface area contributed by atoms with Gasteiger partial charge in [0, 0.05) is 5.41 Å². The highest BCUT2D eigenvalue weighted by molar-refractivity contribution is 7.98. The maximum atomic E-state index is 13.4. The molecule has 2 heterocycles. The molecule has 0 fully saturated rings. The molecule has 0 aliphatic heterocycles. The maximum absolute atomic E-state index is 13.4. The summed E-state index contributed by atoms with van der Waals surface area (Å²) in [5, 5.41) is 8.32. The fraction of sp³-hybridized carbons (Fsp3) is 0.238. The first kappa shape index (κ1) is 19.3. The van der Waals surface area contributed by atoms with Gasteiger partial charge in [-0.05, 0) is 36.4 Å². The van der Waals surface area contributed by atoms with Crippen LogP contribution < -0.4 is 5.56 Å². The highest BCUT2D eigenvalue weighted by atomic mass is 32.2. The van der Waals surface area contributed by atoms with Crippen LogP contribution in [0.2, 0.25) is 0 Å². The van der Waals surface area contributed by atoms with E-state index in [1.807, 2.05) is 12.1 Å². The minimum absolute atomic E-state index is 0.136. The van der Waals surface area contributed by atoms with E-state index in [9.17, 15) is 9.18 Å². The lowest BCUT2D eigenvalue weighted by Crippen LogP contribution is -2.23. The summed E-state index contributed by atoms with van der Waals surface area (Å²) >= 11 is 1.39. The standard InChI is InChI=1S/C21H20FN5OS/c1-21(2,3)19-24-20(26-25-19)29-12-17-23-16-7-5-4-6-15(16)18(28)27(17)14-10-8-13(22)9-11-14/h4-11H,12H2,1-3H3,(H,24,25,26). The smallest absolute Gasteiger partial charge is 0.265 e. The van der Waals surface area contributed by atoms with Crippen molar-refractivity contribution in [3.8, 4) is 5.69 Å². The van der Waals surface area contributed by atoms with Crippen molar-refractivity contribution < 1.29 is 4.39 Å². The van der Waals surface area contributed by atoms with Gasteiger partial charge in [-0.1, -0.05) is 44.7 Å². The van der Waals surface area contributed by atoms with Gasteiger partial charge in [0.05, 0.1) is 22.3 Å². The van der Waals surface area contributed by atoms with Crippen molar-refractivity contribution in [2.75, 3.05) is 0 Å². The SMILES string of the molecule is CC(C)(C)c1nc(SCc2nc3ccccc3c(=O)n2-c2ccc(F)cc2)n[nH]1. The first-order valence-electron chi connectivity index (χ1n) is 9.15. The molecule has 1 N–H and O–H groups in total. The fourth-order valence-electron chi connectivity index (χ4n) is 2.91. The van der Waals surface area contributed by atoms with Crippen molar-refractivity contribution in [2.24, 2.45) is 0 Å². The van der Waals surface area contributed by atoms with Crippen molar-refractivity contribution >= 4 is 22.7 Å². The van der Waals surface area contributed by atoms with Gasteiger partial charge < -0.3 is 0 Å². The largest absolute Gasteiger partial charge is 0.268 e. The van der Waals surface area contributed by atoms with Crippen LogP contribution in [0.25, 0.3) is 16.6 Å². The second-order valence-corrected chi connectivity index (χ2v) is 8.61. The number of fused-ring (bicyclic) bond motifs is 1. The van der Waals surface area contributed by atoms with Crippen LogP contribution in [0.15, 0.2) is 58.5 Å². The Bertz CT molecular complexity index is 1220. The van der Waals surface area contributed by atoms with Gasteiger partial charge in [0.15, 0.2) is 0 Å². The molecule has 2 aromatic carbocycles. The van der Waals surface area contributed by atoms with E-state index in [-0.39, 0.29) is 16.8 Å². The average molecular weight is 409 g/mol. The molecule has 148 valence electrons. The molecule has 0 saturated carbocycles. The van der Waals surface area contributed by atoms with Crippen LogP contribution in [0, 0.1) is 5.82 Å². The van der Waals surface area contributed by atoms with E-state index >= 15 is 0 Å². The summed E-state index contributed by atoms with van der Waals surface area (Å²) in [6.45, 7) is 6.16. The number of nitrogens with one attached hydrogen (secondary N) is 1. The predicted molar refractivity (Wildman–Crippen MR) is 112 cm³/mol. The van der Waals surface area contributed by atoms with Crippen molar-refractivity contribution in [1.82, 2.24) is 24.7 Å². The monoisotopic (exact) mass is 409 g/mol. The topological polar surface area (TPSA) is 76.5 Å². The second-order valence-electron chi connectivity index (χ2n) is 7.67. The average Bonchev–Trinajstić information content (AvgIpc) is 3.17. The number of thioether (sulfide) groups is 1. The summed E-state index contributed by atoms with van der Waals surface area (Å²) < 4.78 is 14.9. The number of para-hydroxylation sites is 1. The lowest BCUT2D eigenvalue weighted by molar-refractivity contribution is 0.547. The zero-order valence-electron chi connectivity index (χ0n) is 16.3. The number of hydrogen-bond acceptors (Lipinski definition) is 5. The summed E-state index contributed by atoms with van der Waals surface area (Å²) in [7, 11) is 0. The molecule has 0 radical (unpaired) electrons. The van der Waals surface area contributed by atoms with E-state index in [2.05, 4.69) is 40.9 Å². The van der Waals surface area contributed by atoms with Crippen molar-refractivity contribution in [2.45, 2.75) is 37.1 Å². The molecule has 29 heavy (non-hydrogen) atoms. The molecular formula is C21H20FN5OS. The van der Waals surface area contributed by atoms with Gasteiger partial charge >= 0.3 is 0 Å². The quantitative estimate of drug-likeness (QED) is 0.511. The Hall–Kier alpha value is -3.00. The van der Waals surface area contributed by atoms with Gasteiger partial charge in [-0.15, -0.1) is 5.10 Å². The van der Waals surface area contributed by atoms with Gasteiger partial charge in [0.2, 0.25) is 5.16 Å². The normalized spacial score (nSPS) is 11.9. The van der Waals surface area contributed by atoms with Crippen molar-refractivity contribution in [3.05, 3.63) is 76.4 Å². The Kier molecular flexibility index (Phi) is 4.96. The summed E-state index contributed by atoms with van der Waals surface area (Å²) in [6.07, 6.45) is 0. The predicted octanol–water partition coefficient (Wildman–Crippen LogP) is 4.23. The van der Waals surface area contributed by atoms with Crippen LogP contribution >= 0.6 is 11.8 Å². The number of H-pyrrole nitrogens is 1. The molecule has 0 bridgehead atoms. The second kappa shape index (κ2) is 7.44. The van der Waals surface area contributed by atoms with E-state index in [0.29, 0.717) is 33.3 Å². The molecule has 0 saturated heterocycles. The third-order valence-electron chi connectivity index (χ3n) is 4.44. The molecule has 0 unspecified atom stereocenters. The number of nitrogens with zero attached hydrogens (tertiary/aromatic N) is 4. The molecule has 6 nitrogen and oxygen atoms in total. The number of rotatable bonds is 4. The molecule has 4 aromatic rings. The Morgan fingerprint density at radius 1 is 1.07 bits per heavy atom. The van der Waals surface area contributed by atoms with E-state index in [0.717, 1.165) is 5.82 Å². The summed E-state index contributed by atoms with van der Waals surface area (Å²) in [6, 6.07) is 13.0. The molecule has 0 atom stereocenters. The lowest BCUT2D eigenvalue weighted by atomic mass is 9.96. The molecule has 0 aliphatic rings. The van der Waals surface area contributed by atoms with Crippen molar-refractivity contribution in [1.29, 1.82) is 0 Å². The number of halogens is 1.